The predicted molar refractivity (Wildman–Crippen MR) is 116 cm³/mol. The monoisotopic (exact) mass is 401 g/mol. The fourth-order valence-electron chi connectivity index (χ4n) is 3.61. The van der Waals surface area contributed by atoms with Gasteiger partial charge in [0.1, 0.15) is 6.54 Å². The van der Waals surface area contributed by atoms with Gasteiger partial charge in [-0.2, -0.15) is 10.2 Å². The quantitative estimate of drug-likeness (QED) is 0.515. The molecule has 0 atom stereocenters. The predicted octanol–water partition coefficient (Wildman–Crippen LogP) is 2.86. The van der Waals surface area contributed by atoms with Gasteiger partial charge in [0.2, 0.25) is 5.91 Å². The Morgan fingerprint density at radius 1 is 0.967 bits per heavy atom. The molecule has 4 aromatic rings. The molecule has 30 heavy (non-hydrogen) atoms. The molecule has 0 bridgehead atoms. The van der Waals surface area contributed by atoms with Gasteiger partial charge in [-0.05, 0) is 31.5 Å². The second kappa shape index (κ2) is 7.94. The molecule has 0 unspecified atom stereocenters. The van der Waals surface area contributed by atoms with Crippen LogP contribution in [0, 0.1) is 13.8 Å². The van der Waals surface area contributed by atoms with Gasteiger partial charge in [0, 0.05) is 13.6 Å². The Labute approximate surface area is 174 Å². The van der Waals surface area contributed by atoms with Crippen molar-refractivity contribution in [1.82, 2.24) is 24.5 Å². The molecule has 0 aliphatic heterocycles. The molecule has 0 spiro atoms. The normalized spacial score (nSPS) is 11.0. The number of aromatic nitrogens is 4. The van der Waals surface area contributed by atoms with Crippen molar-refractivity contribution in [3.63, 3.8) is 0 Å². The molecule has 0 N–H and O–H groups in total. The number of fused-ring (bicyclic) bond motifs is 1. The smallest absolute Gasteiger partial charge is 0.295 e. The molecule has 4 rings (SSSR count). The molecular weight excluding hydrogens is 378 g/mol. The van der Waals surface area contributed by atoms with Gasteiger partial charge in [-0.15, -0.1) is 0 Å². The first kappa shape index (κ1) is 19.6. The zero-order valence-electron chi connectivity index (χ0n) is 17.2. The lowest BCUT2D eigenvalue weighted by molar-refractivity contribution is -0.131. The molecule has 0 saturated carbocycles. The van der Waals surface area contributed by atoms with Gasteiger partial charge in [-0.3, -0.25) is 9.59 Å². The molecule has 1 amide bonds. The first-order valence-electron chi connectivity index (χ1n) is 9.76. The van der Waals surface area contributed by atoms with E-state index in [4.69, 9.17) is 0 Å². The Hall–Kier alpha value is -3.74. The minimum absolute atomic E-state index is 0.129. The second-order valence-electron chi connectivity index (χ2n) is 7.34. The van der Waals surface area contributed by atoms with Gasteiger partial charge in [0.05, 0.1) is 22.5 Å². The fourth-order valence-corrected chi connectivity index (χ4v) is 3.61. The molecular formula is C23H23N5O2. The van der Waals surface area contributed by atoms with Crippen LogP contribution in [0.4, 0.5) is 0 Å². The maximum absolute atomic E-state index is 13.0. The number of hydrogen-bond donors (Lipinski definition) is 0. The number of para-hydroxylation sites is 1. The number of amides is 1. The van der Waals surface area contributed by atoms with Gasteiger partial charge < -0.3 is 4.90 Å². The van der Waals surface area contributed by atoms with Crippen LogP contribution in [-0.4, -0.2) is 37.4 Å². The lowest BCUT2D eigenvalue weighted by Crippen LogP contribution is -2.35. The van der Waals surface area contributed by atoms with E-state index in [1.54, 1.807) is 16.6 Å². The Bertz CT molecular complexity index is 1260. The summed E-state index contributed by atoms with van der Waals surface area (Å²) >= 11 is 0. The van der Waals surface area contributed by atoms with Crippen molar-refractivity contribution in [2.24, 2.45) is 0 Å². The van der Waals surface area contributed by atoms with E-state index in [-0.39, 0.29) is 18.0 Å². The van der Waals surface area contributed by atoms with E-state index in [0.717, 1.165) is 22.3 Å². The van der Waals surface area contributed by atoms with Crippen LogP contribution in [0.2, 0.25) is 0 Å². The van der Waals surface area contributed by atoms with E-state index in [9.17, 15) is 9.59 Å². The molecule has 0 aliphatic carbocycles. The van der Waals surface area contributed by atoms with Gasteiger partial charge in [0.25, 0.3) is 5.56 Å². The number of carbonyl (C=O) groups excluding carboxylic acids is 1. The summed E-state index contributed by atoms with van der Waals surface area (Å²) in [6.45, 7) is 4.09. The topological polar surface area (TPSA) is 73.0 Å². The molecule has 7 heteroatoms. The molecule has 2 heterocycles. The standard InChI is InChI=1S/C23H23N5O2/c1-16-21-17(2)28(19-12-8-5-9-13-19)25-22(21)23(30)27(24-16)15-20(29)26(3)14-18-10-6-4-7-11-18/h4-13H,14-15H2,1-3H3. The number of rotatable bonds is 5. The van der Waals surface area contributed by atoms with Gasteiger partial charge in [0.15, 0.2) is 5.52 Å². The Morgan fingerprint density at radius 2 is 1.60 bits per heavy atom. The molecule has 0 radical (unpaired) electrons. The van der Waals surface area contributed by atoms with E-state index in [1.165, 1.54) is 4.68 Å². The van der Waals surface area contributed by atoms with E-state index in [1.807, 2.05) is 74.5 Å². The van der Waals surface area contributed by atoms with Gasteiger partial charge >= 0.3 is 0 Å². The zero-order valence-corrected chi connectivity index (χ0v) is 17.2. The van der Waals surface area contributed by atoms with Crippen LogP contribution < -0.4 is 5.56 Å². The van der Waals surface area contributed by atoms with Crippen LogP contribution in [0.25, 0.3) is 16.6 Å². The summed E-state index contributed by atoms with van der Waals surface area (Å²) in [5.41, 5.74) is 3.37. The summed E-state index contributed by atoms with van der Waals surface area (Å²) in [5, 5.41) is 9.67. The summed E-state index contributed by atoms with van der Waals surface area (Å²) in [6.07, 6.45) is 0. The van der Waals surface area contributed by atoms with Gasteiger partial charge in [-0.1, -0.05) is 48.5 Å². The van der Waals surface area contributed by atoms with Crippen LogP contribution in [-0.2, 0) is 17.9 Å². The average molecular weight is 401 g/mol. The Kier molecular flexibility index (Phi) is 5.18. The van der Waals surface area contributed by atoms with Crippen molar-refractivity contribution >= 4 is 16.8 Å². The molecule has 152 valence electrons. The summed E-state index contributed by atoms with van der Waals surface area (Å²) < 4.78 is 2.96. The molecule has 0 aliphatic rings. The van der Waals surface area contributed by atoms with Crippen LogP contribution in [0.15, 0.2) is 65.5 Å². The van der Waals surface area contributed by atoms with E-state index in [0.29, 0.717) is 17.8 Å². The number of benzene rings is 2. The highest BCUT2D eigenvalue weighted by Gasteiger charge is 2.19. The maximum Gasteiger partial charge on any atom is 0.295 e. The SMILES string of the molecule is Cc1nn(CC(=O)N(C)Cc2ccccc2)c(=O)c2nn(-c3ccccc3)c(C)c12. The zero-order chi connectivity index (χ0) is 21.3. The first-order chi connectivity index (χ1) is 14.5. The number of hydrogen-bond acceptors (Lipinski definition) is 4. The third-order valence-corrected chi connectivity index (χ3v) is 5.16. The number of nitrogens with zero attached hydrogens (tertiary/aromatic N) is 5. The minimum atomic E-state index is -0.366. The highest BCUT2D eigenvalue weighted by molar-refractivity contribution is 5.83. The van der Waals surface area contributed by atoms with Gasteiger partial charge in [-0.25, -0.2) is 9.36 Å². The van der Waals surface area contributed by atoms with Crippen molar-refractivity contribution in [3.8, 4) is 5.69 Å². The van der Waals surface area contributed by atoms with Crippen LogP contribution in [0.5, 0.6) is 0 Å². The van der Waals surface area contributed by atoms with Crippen molar-refractivity contribution < 1.29 is 4.79 Å². The second-order valence-corrected chi connectivity index (χ2v) is 7.34. The number of likely N-dealkylation sites (N-methyl/N-ethyl adjacent to an activating group) is 1. The minimum Gasteiger partial charge on any atom is -0.340 e. The largest absolute Gasteiger partial charge is 0.340 e. The van der Waals surface area contributed by atoms with Crippen molar-refractivity contribution in [1.29, 1.82) is 0 Å². The fraction of sp³-hybridized carbons (Fsp3) is 0.217. The van der Waals surface area contributed by atoms with Crippen LogP contribution in [0.1, 0.15) is 17.0 Å². The van der Waals surface area contributed by atoms with Crippen molar-refractivity contribution in [2.75, 3.05) is 7.05 Å². The Balaban J connectivity index is 1.66. The molecule has 2 aromatic carbocycles. The van der Waals surface area contributed by atoms with Crippen LogP contribution >= 0.6 is 0 Å². The van der Waals surface area contributed by atoms with Crippen molar-refractivity contribution in [2.45, 2.75) is 26.9 Å². The highest BCUT2D eigenvalue weighted by atomic mass is 16.2. The highest BCUT2D eigenvalue weighted by Crippen LogP contribution is 2.20. The molecule has 7 nitrogen and oxygen atoms in total. The lowest BCUT2D eigenvalue weighted by Gasteiger charge is -2.17. The molecule has 0 saturated heterocycles. The Morgan fingerprint density at radius 3 is 2.27 bits per heavy atom. The summed E-state index contributed by atoms with van der Waals surface area (Å²) in [4.78, 5) is 27.4. The summed E-state index contributed by atoms with van der Waals surface area (Å²) in [7, 11) is 1.72. The molecule has 2 aromatic heterocycles. The maximum atomic E-state index is 13.0. The molecule has 0 fully saturated rings. The first-order valence-corrected chi connectivity index (χ1v) is 9.76. The van der Waals surface area contributed by atoms with E-state index >= 15 is 0 Å². The van der Waals surface area contributed by atoms with Crippen LogP contribution in [0.3, 0.4) is 0 Å². The van der Waals surface area contributed by atoms with E-state index in [2.05, 4.69) is 10.2 Å². The number of carbonyl (C=O) groups is 1. The number of aryl methyl sites for hydroxylation is 2. The van der Waals surface area contributed by atoms with E-state index < -0.39 is 0 Å². The summed E-state index contributed by atoms with van der Waals surface area (Å²) in [6, 6.07) is 19.4. The lowest BCUT2D eigenvalue weighted by atomic mass is 10.2. The van der Waals surface area contributed by atoms with Crippen molar-refractivity contribution in [3.05, 3.63) is 88.0 Å². The average Bonchev–Trinajstić information content (AvgIpc) is 3.11. The third kappa shape index (κ3) is 3.61. The third-order valence-electron chi connectivity index (χ3n) is 5.16. The summed E-state index contributed by atoms with van der Waals surface area (Å²) in [5.74, 6) is -0.189.